The summed E-state index contributed by atoms with van der Waals surface area (Å²) in [7, 11) is 1.32. The third-order valence-electron chi connectivity index (χ3n) is 2.11. The molecule has 2 unspecified atom stereocenters. The van der Waals surface area contributed by atoms with Gasteiger partial charge in [-0.2, -0.15) is 0 Å². The Hall–Kier alpha value is -1.39. The lowest BCUT2D eigenvalue weighted by atomic mass is 10.1. The molecule has 16 heavy (non-hydrogen) atoms. The molecule has 1 heterocycles. The van der Waals surface area contributed by atoms with Gasteiger partial charge in [-0.25, -0.2) is 4.79 Å². The van der Waals surface area contributed by atoms with Crippen molar-refractivity contribution >= 4 is 18.2 Å². The molecule has 90 valence electrons. The topological polar surface area (TPSA) is 65.0 Å². The fraction of sp³-hybridized carbons (Fsp3) is 0.727. The summed E-state index contributed by atoms with van der Waals surface area (Å²) in [6.45, 7) is 5.38. The van der Waals surface area contributed by atoms with Crippen LogP contribution in [0.5, 0.6) is 0 Å². The minimum atomic E-state index is -0.580. The maximum atomic E-state index is 11.6. The summed E-state index contributed by atoms with van der Waals surface area (Å²) < 4.78 is 9.76. The van der Waals surface area contributed by atoms with Gasteiger partial charge in [0.05, 0.1) is 13.0 Å². The minimum Gasteiger partial charge on any atom is -0.469 e. The van der Waals surface area contributed by atoms with Gasteiger partial charge >= 0.3 is 11.9 Å². The second-order valence-corrected chi connectivity index (χ2v) is 4.71. The predicted molar refractivity (Wildman–Crippen MR) is 58.2 cm³/mol. The molecule has 1 aliphatic rings. The smallest absolute Gasteiger partial charge is 0.331 e. The molecule has 1 rings (SSSR count). The highest BCUT2D eigenvalue weighted by molar-refractivity contribution is 5.94. The third kappa shape index (κ3) is 3.32. The van der Waals surface area contributed by atoms with Crippen molar-refractivity contribution in [2.75, 3.05) is 7.11 Å². The number of esters is 2. The fourth-order valence-electron chi connectivity index (χ4n) is 1.41. The highest BCUT2D eigenvalue weighted by Crippen LogP contribution is 2.20. The van der Waals surface area contributed by atoms with Gasteiger partial charge < -0.3 is 9.47 Å². The zero-order chi connectivity index (χ0) is 12.3. The van der Waals surface area contributed by atoms with Crippen molar-refractivity contribution < 1.29 is 19.1 Å². The molecule has 5 heteroatoms. The Morgan fingerprint density at radius 3 is 2.44 bits per heavy atom. The largest absolute Gasteiger partial charge is 0.469 e. The molecule has 2 atom stereocenters. The summed E-state index contributed by atoms with van der Waals surface area (Å²) in [4.78, 5) is 26.8. The van der Waals surface area contributed by atoms with Crippen LogP contribution in [0.3, 0.4) is 0 Å². The zero-order valence-corrected chi connectivity index (χ0v) is 10.0. The Balaban J connectivity index is 2.52. The Morgan fingerprint density at radius 1 is 1.31 bits per heavy atom. The van der Waals surface area contributed by atoms with Crippen LogP contribution in [0, 0.1) is 5.92 Å². The van der Waals surface area contributed by atoms with Crippen LogP contribution < -0.4 is 0 Å². The molecule has 0 aromatic heterocycles. The van der Waals surface area contributed by atoms with Crippen molar-refractivity contribution in [3.05, 3.63) is 0 Å². The molecule has 5 nitrogen and oxygen atoms in total. The van der Waals surface area contributed by atoms with E-state index >= 15 is 0 Å². The van der Waals surface area contributed by atoms with E-state index in [2.05, 4.69) is 9.73 Å². The molecule has 0 saturated heterocycles. The summed E-state index contributed by atoms with van der Waals surface area (Å²) in [6.07, 6.45) is 1.79. The van der Waals surface area contributed by atoms with Crippen LogP contribution in [0.1, 0.15) is 27.2 Å². The summed E-state index contributed by atoms with van der Waals surface area (Å²) in [6, 6.07) is -0.580. The molecule has 0 spiro atoms. The molecule has 0 aliphatic carbocycles. The number of aliphatic imine (C=N–C) groups is 1. The van der Waals surface area contributed by atoms with E-state index in [4.69, 9.17) is 4.74 Å². The quantitative estimate of drug-likeness (QED) is 0.659. The van der Waals surface area contributed by atoms with E-state index in [0.717, 1.165) is 0 Å². The van der Waals surface area contributed by atoms with Crippen LogP contribution in [-0.2, 0) is 19.1 Å². The molecular weight excluding hydrogens is 210 g/mol. The molecule has 0 amide bonds. The molecule has 0 radical (unpaired) electrons. The van der Waals surface area contributed by atoms with Crippen LogP contribution >= 0.6 is 0 Å². The van der Waals surface area contributed by atoms with E-state index in [0.29, 0.717) is 6.42 Å². The normalized spacial score (nSPS) is 24.2. The third-order valence-corrected chi connectivity index (χ3v) is 2.11. The first-order chi connectivity index (χ1) is 7.33. The lowest BCUT2D eigenvalue weighted by Gasteiger charge is -2.21. The number of nitrogens with zero attached hydrogens (tertiary/aromatic N) is 1. The Morgan fingerprint density at radius 2 is 1.94 bits per heavy atom. The van der Waals surface area contributed by atoms with Crippen LogP contribution in [0.2, 0.25) is 0 Å². The number of hydrogen-bond donors (Lipinski definition) is 0. The predicted octanol–water partition coefficient (Wildman–Crippen LogP) is 0.960. The van der Waals surface area contributed by atoms with E-state index in [9.17, 15) is 9.59 Å². The van der Waals surface area contributed by atoms with Crippen LogP contribution in [0.15, 0.2) is 4.99 Å². The monoisotopic (exact) mass is 227 g/mol. The van der Waals surface area contributed by atoms with E-state index in [1.54, 1.807) is 20.8 Å². The number of hydrogen-bond acceptors (Lipinski definition) is 5. The highest BCUT2D eigenvalue weighted by Gasteiger charge is 2.33. The average Bonchev–Trinajstić information content (AvgIpc) is 2.62. The van der Waals surface area contributed by atoms with Gasteiger partial charge in [-0.05, 0) is 27.2 Å². The Bertz CT molecular complexity index is 316. The van der Waals surface area contributed by atoms with E-state index in [1.807, 2.05) is 0 Å². The lowest BCUT2D eigenvalue weighted by Crippen LogP contribution is -2.31. The van der Waals surface area contributed by atoms with Crippen molar-refractivity contribution in [2.24, 2.45) is 10.9 Å². The van der Waals surface area contributed by atoms with Crippen molar-refractivity contribution in [3.8, 4) is 0 Å². The standard InChI is InChI=1S/C11H17NO4/c1-11(2,3)16-10(14)8-5-7(6-12-8)9(13)15-4/h6-8H,5H2,1-4H3. The van der Waals surface area contributed by atoms with Gasteiger partial charge in [-0.1, -0.05) is 0 Å². The van der Waals surface area contributed by atoms with Gasteiger partial charge in [-0.3, -0.25) is 9.79 Å². The number of rotatable bonds is 2. The van der Waals surface area contributed by atoms with Crippen molar-refractivity contribution in [1.29, 1.82) is 0 Å². The van der Waals surface area contributed by atoms with Gasteiger partial charge in [0.25, 0.3) is 0 Å². The first kappa shape index (κ1) is 12.7. The number of methoxy groups -OCH3 is 1. The van der Waals surface area contributed by atoms with Crippen LogP contribution in [-0.4, -0.2) is 36.9 Å². The Kier molecular flexibility index (Phi) is 3.67. The molecule has 0 fully saturated rings. The molecule has 0 aromatic rings. The number of carbonyl (C=O) groups excluding carboxylic acids is 2. The first-order valence-corrected chi connectivity index (χ1v) is 5.17. The lowest BCUT2D eigenvalue weighted by molar-refractivity contribution is -0.156. The van der Waals surface area contributed by atoms with Gasteiger partial charge in [0.1, 0.15) is 11.6 Å². The molecule has 0 aromatic carbocycles. The van der Waals surface area contributed by atoms with Gasteiger partial charge in [0, 0.05) is 6.21 Å². The number of ether oxygens (including phenoxy) is 2. The average molecular weight is 227 g/mol. The van der Waals surface area contributed by atoms with Crippen LogP contribution in [0.4, 0.5) is 0 Å². The molecular formula is C11H17NO4. The molecule has 1 aliphatic heterocycles. The van der Waals surface area contributed by atoms with E-state index in [-0.39, 0.29) is 5.97 Å². The van der Waals surface area contributed by atoms with Crippen molar-refractivity contribution in [3.63, 3.8) is 0 Å². The van der Waals surface area contributed by atoms with Crippen molar-refractivity contribution in [2.45, 2.75) is 38.8 Å². The Labute approximate surface area is 94.8 Å². The zero-order valence-electron chi connectivity index (χ0n) is 10.0. The highest BCUT2D eigenvalue weighted by atomic mass is 16.6. The number of carbonyl (C=O) groups is 2. The van der Waals surface area contributed by atoms with E-state index in [1.165, 1.54) is 13.3 Å². The molecule has 0 bridgehead atoms. The summed E-state index contributed by atoms with van der Waals surface area (Å²) >= 11 is 0. The SMILES string of the molecule is COC(=O)C1C=NC(C(=O)OC(C)(C)C)C1. The maximum Gasteiger partial charge on any atom is 0.331 e. The minimum absolute atomic E-state index is 0.335. The first-order valence-electron chi connectivity index (χ1n) is 5.17. The van der Waals surface area contributed by atoms with Gasteiger partial charge in [-0.15, -0.1) is 0 Å². The van der Waals surface area contributed by atoms with E-state index < -0.39 is 23.5 Å². The fourth-order valence-corrected chi connectivity index (χ4v) is 1.41. The summed E-state index contributed by atoms with van der Waals surface area (Å²) in [5.74, 6) is -1.19. The van der Waals surface area contributed by atoms with Gasteiger partial charge in [0.15, 0.2) is 0 Å². The molecule has 0 saturated carbocycles. The summed E-state index contributed by atoms with van der Waals surface area (Å²) in [5, 5.41) is 0. The van der Waals surface area contributed by atoms with Crippen LogP contribution in [0.25, 0.3) is 0 Å². The van der Waals surface area contributed by atoms with Crippen molar-refractivity contribution in [1.82, 2.24) is 0 Å². The second kappa shape index (κ2) is 4.63. The second-order valence-electron chi connectivity index (χ2n) is 4.71. The molecule has 0 N–H and O–H groups in total. The maximum absolute atomic E-state index is 11.6. The summed E-state index contributed by atoms with van der Waals surface area (Å²) in [5.41, 5.74) is -0.532. The van der Waals surface area contributed by atoms with Gasteiger partial charge in [0.2, 0.25) is 0 Å².